The molecule has 1 aromatic rings. The Morgan fingerprint density at radius 2 is 2.17 bits per heavy atom. The van der Waals surface area contributed by atoms with E-state index in [2.05, 4.69) is 15.9 Å². The second-order valence-corrected chi connectivity index (χ2v) is 3.37. The van der Waals surface area contributed by atoms with Crippen molar-refractivity contribution in [3.05, 3.63) is 28.2 Å². The zero-order chi connectivity index (χ0) is 9.14. The molecular formula is C8H10BrNO2. The molecule has 0 heterocycles. The van der Waals surface area contributed by atoms with Crippen LogP contribution in [0.3, 0.4) is 0 Å². The van der Waals surface area contributed by atoms with E-state index in [0.29, 0.717) is 5.56 Å². The number of nitrogens with two attached hydrogens (primary N) is 1. The number of benzene rings is 1. The van der Waals surface area contributed by atoms with Crippen LogP contribution in [-0.4, -0.2) is 16.8 Å². The van der Waals surface area contributed by atoms with Crippen LogP contribution >= 0.6 is 15.9 Å². The van der Waals surface area contributed by atoms with Gasteiger partial charge in [-0.2, -0.15) is 0 Å². The Morgan fingerprint density at radius 1 is 1.50 bits per heavy atom. The summed E-state index contributed by atoms with van der Waals surface area (Å²) in [7, 11) is 0. The molecule has 0 radical (unpaired) electrons. The van der Waals surface area contributed by atoms with Gasteiger partial charge in [0.15, 0.2) is 0 Å². The summed E-state index contributed by atoms with van der Waals surface area (Å²) in [4.78, 5) is 0. The number of phenolic OH excluding ortho intramolecular Hbond substituents is 1. The number of phenols is 1. The summed E-state index contributed by atoms with van der Waals surface area (Å²) in [5.74, 6) is 0.0659. The smallest absolute Gasteiger partial charge is 0.121 e. The summed E-state index contributed by atoms with van der Waals surface area (Å²) in [5.41, 5.74) is 5.70. The quantitative estimate of drug-likeness (QED) is 0.716. The van der Waals surface area contributed by atoms with Crippen LogP contribution in [0, 0.1) is 0 Å². The van der Waals surface area contributed by atoms with E-state index in [1.807, 2.05) is 0 Å². The molecular weight excluding hydrogens is 222 g/mol. The highest BCUT2D eigenvalue weighted by Gasteiger charge is 2.10. The van der Waals surface area contributed by atoms with Crippen LogP contribution in [0.15, 0.2) is 22.7 Å². The molecule has 0 saturated heterocycles. The average Bonchev–Trinajstić information content (AvgIpc) is 2.08. The predicted molar refractivity (Wildman–Crippen MR) is 49.8 cm³/mol. The van der Waals surface area contributed by atoms with Crippen LogP contribution in [0.5, 0.6) is 5.75 Å². The van der Waals surface area contributed by atoms with Crippen molar-refractivity contribution in [3.8, 4) is 5.75 Å². The van der Waals surface area contributed by atoms with Gasteiger partial charge in [-0.3, -0.25) is 0 Å². The number of aliphatic hydroxyl groups excluding tert-OH is 1. The third kappa shape index (κ3) is 1.97. The van der Waals surface area contributed by atoms with Crippen molar-refractivity contribution in [1.82, 2.24) is 0 Å². The van der Waals surface area contributed by atoms with E-state index in [0.717, 1.165) is 4.47 Å². The maximum Gasteiger partial charge on any atom is 0.121 e. The van der Waals surface area contributed by atoms with Crippen LogP contribution < -0.4 is 5.73 Å². The highest BCUT2D eigenvalue weighted by Crippen LogP contribution is 2.26. The molecule has 1 rings (SSSR count). The van der Waals surface area contributed by atoms with Crippen molar-refractivity contribution in [3.63, 3.8) is 0 Å². The monoisotopic (exact) mass is 231 g/mol. The number of hydrogen-bond donors (Lipinski definition) is 3. The van der Waals surface area contributed by atoms with Gasteiger partial charge in [0, 0.05) is 16.6 Å². The highest BCUT2D eigenvalue weighted by atomic mass is 79.9. The van der Waals surface area contributed by atoms with E-state index < -0.39 is 6.10 Å². The molecule has 66 valence electrons. The van der Waals surface area contributed by atoms with Crippen LogP contribution in [0.4, 0.5) is 0 Å². The largest absolute Gasteiger partial charge is 0.508 e. The van der Waals surface area contributed by atoms with Gasteiger partial charge in [0.25, 0.3) is 0 Å². The minimum absolute atomic E-state index is 0.0659. The highest BCUT2D eigenvalue weighted by molar-refractivity contribution is 9.10. The van der Waals surface area contributed by atoms with Crippen molar-refractivity contribution in [2.24, 2.45) is 5.73 Å². The number of aromatic hydroxyl groups is 1. The summed E-state index contributed by atoms with van der Waals surface area (Å²) >= 11 is 3.23. The summed E-state index contributed by atoms with van der Waals surface area (Å²) in [6.07, 6.45) is -0.803. The van der Waals surface area contributed by atoms with Gasteiger partial charge in [0.2, 0.25) is 0 Å². The second kappa shape index (κ2) is 3.89. The minimum Gasteiger partial charge on any atom is -0.508 e. The molecule has 0 fully saturated rings. The van der Waals surface area contributed by atoms with Crippen molar-refractivity contribution in [2.75, 3.05) is 6.54 Å². The molecule has 0 aliphatic rings. The van der Waals surface area contributed by atoms with Gasteiger partial charge in [0.1, 0.15) is 5.75 Å². The molecule has 0 unspecified atom stereocenters. The molecule has 0 aromatic heterocycles. The fraction of sp³-hybridized carbons (Fsp3) is 0.250. The first-order chi connectivity index (χ1) is 5.65. The van der Waals surface area contributed by atoms with Gasteiger partial charge in [-0.15, -0.1) is 0 Å². The maximum absolute atomic E-state index is 9.33. The summed E-state index contributed by atoms with van der Waals surface area (Å²) in [6, 6.07) is 4.85. The van der Waals surface area contributed by atoms with E-state index in [9.17, 15) is 10.2 Å². The standard InChI is InChI=1S/C8H10BrNO2/c9-5-1-2-7(11)6(3-5)8(12)4-10/h1-3,8,11-12H,4,10H2/t8-/m0/s1. The van der Waals surface area contributed by atoms with Gasteiger partial charge >= 0.3 is 0 Å². The molecule has 1 atom stereocenters. The Bertz CT molecular complexity index is 278. The number of halogens is 1. The van der Waals surface area contributed by atoms with Crippen LogP contribution in [0.2, 0.25) is 0 Å². The van der Waals surface area contributed by atoms with Crippen molar-refractivity contribution in [1.29, 1.82) is 0 Å². The maximum atomic E-state index is 9.33. The lowest BCUT2D eigenvalue weighted by Crippen LogP contribution is -2.11. The first kappa shape index (κ1) is 9.51. The van der Waals surface area contributed by atoms with E-state index in [1.165, 1.54) is 6.07 Å². The summed E-state index contributed by atoms with van der Waals surface area (Å²) in [6.45, 7) is 0.101. The predicted octanol–water partition coefficient (Wildman–Crippen LogP) is 1.15. The molecule has 0 bridgehead atoms. The molecule has 0 amide bonds. The van der Waals surface area contributed by atoms with Crippen LogP contribution in [0.25, 0.3) is 0 Å². The molecule has 4 heteroatoms. The van der Waals surface area contributed by atoms with Crippen LogP contribution in [-0.2, 0) is 0 Å². The Hall–Kier alpha value is -0.580. The zero-order valence-electron chi connectivity index (χ0n) is 6.37. The Balaban J connectivity index is 3.04. The fourth-order valence-electron chi connectivity index (χ4n) is 0.919. The number of rotatable bonds is 2. The molecule has 0 saturated carbocycles. The third-order valence-electron chi connectivity index (χ3n) is 1.57. The molecule has 4 N–H and O–H groups in total. The fourth-order valence-corrected chi connectivity index (χ4v) is 1.30. The lowest BCUT2D eigenvalue weighted by molar-refractivity contribution is 0.182. The van der Waals surface area contributed by atoms with Crippen LogP contribution in [0.1, 0.15) is 11.7 Å². The number of hydrogen-bond acceptors (Lipinski definition) is 3. The summed E-state index contributed by atoms with van der Waals surface area (Å²) < 4.78 is 0.808. The molecule has 3 nitrogen and oxygen atoms in total. The Kier molecular flexibility index (Phi) is 3.08. The first-order valence-electron chi connectivity index (χ1n) is 3.51. The minimum atomic E-state index is -0.803. The Labute approximate surface area is 79.0 Å². The van der Waals surface area contributed by atoms with Gasteiger partial charge in [-0.25, -0.2) is 0 Å². The van der Waals surface area contributed by atoms with Crippen molar-refractivity contribution < 1.29 is 10.2 Å². The van der Waals surface area contributed by atoms with Crippen molar-refractivity contribution in [2.45, 2.75) is 6.10 Å². The number of aliphatic hydroxyl groups is 1. The lowest BCUT2D eigenvalue weighted by atomic mass is 10.1. The van der Waals surface area contributed by atoms with Gasteiger partial charge < -0.3 is 15.9 Å². The average molecular weight is 232 g/mol. The lowest BCUT2D eigenvalue weighted by Gasteiger charge is -2.09. The SMILES string of the molecule is NC[C@H](O)c1cc(Br)ccc1O. The topological polar surface area (TPSA) is 66.5 Å². The van der Waals surface area contributed by atoms with E-state index in [4.69, 9.17) is 5.73 Å². The van der Waals surface area contributed by atoms with Gasteiger partial charge in [0.05, 0.1) is 6.10 Å². The molecule has 1 aromatic carbocycles. The molecule has 12 heavy (non-hydrogen) atoms. The normalized spacial score (nSPS) is 12.9. The second-order valence-electron chi connectivity index (χ2n) is 2.45. The third-order valence-corrected chi connectivity index (χ3v) is 2.07. The van der Waals surface area contributed by atoms with E-state index >= 15 is 0 Å². The van der Waals surface area contributed by atoms with Crippen molar-refractivity contribution >= 4 is 15.9 Å². The molecule has 0 aliphatic carbocycles. The van der Waals surface area contributed by atoms with E-state index in [-0.39, 0.29) is 12.3 Å². The van der Waals surface area contributed by atoms with E-state index in [1.54, 1.807) is 12.1 Å². The van der Waals surface area contributed by atoms with Gasteiger partial charge in [-0.1, -0.05) is 15.9 Å². The first-order valence-corrected chi connectivity index (χ1v) is 4.31. The Morgan fingerprint density at radius 3 is 2.75 bits per heavy atom. The summed E-state index contributed by atoms with van der Waals surface area (Å²) in [5, 5.41) is 18.6. The van der Waals surface area contributed by atoms with Gasteiger partial charge in [-0.05, 0) is 18.2 Å². The molecule has 0 aliphatic heterocycles. The molecule has 0 spiro atoms. The zero-order valence-corrected chi connectivity index (χ0v) is 7.95.